The molecule has 106 valence electrons. The van der Waals surface area contributed by atoms with E-state index in [1.807, 2.05) is 0 Å². The molecule has 1 saturated heterocycles. The number of ether oxygens (including phenoxy) is 1. The van der Waals surface area contributed by atoms with Gasteiger partial charge in [0, 0.05) is 18.6 Å². The smallest absolute Gasteiger partial charge is 0.0512 e. The second-order valence-corrected chi connectivity index (χ2v) is 5.75. The van der Waals surface area contributed by atoms with Crippen molar-refractivity contribution in [2.24, 2.45) is 5.92 Å². The number of rotatable bonds is 5. The summed E-state index contributed by atoms with van der Waals surface area (Å²) in [4.78, 5) is 0. The molecular weight excluding hydrogens is 234 g/mol. The van der Waals surface area contributed by atoms with Crippen LogP contribution in [0.3, 0.4) is 0 Å². The third-order valence-electron chi connectivity index (χ3n) is 4.17. The summed E-state index contributed by atoms with van der Waals surface area (Å²) in [6.07, 6.45) is 3.64. The molecule has 0 saturated carbocycles. The summed E-state index contributed by atoms with van der Waals surface area (Å²) < 4.78 is 5.68. The lowest BCUT2D eigenvalue weighted by molar-refractivity contribution is 0.0390. The minimum atomic E-state index is 0.444. The Morgan fingerprint density at radius 1 is 1.32 bits per heavy atom. The Hall–Kier alpha value is -0.860. The van der Waals surface area contributed by atoms with Crippen molar-refractivity contribution in [3.05, 3.63) is 34.9 Å². The van der Waals surface area contributed by atoms with E-state index in [0.717, 1.165) is 19.8 Å². The number of nitrogens with one attached hydrogen (secondary N) is 1. The monoisotopic (exact) mass is 261 g/mol. The van der Waals surface area contributed by atoms with Crippen LogP contribution in [-0.4, -0.2) is 19.8 Å². The van der Waals surface area contributed by atoms with E-state index in [1.54, 1.807) is 0 Å². The molecule has 0 bridgehead atoms. The molecule has 19 heavy (non-hydrogen) atoms. The molecule has 0 aromatic heterocycles. The Kier molecular flexibility index (Phi) is 5.41. The van der Waals surface area contributed by atoms with Crippen molar-refractivity contribution < 1.29 is 4.74 Å². The summed E-state index contributed by atoms with van der Waals surface area (Å²) in [6, 6.07) is 7.32. The molecule has 0 amide bonds. The van der Waals surface area contributed by atoms with Crippen LogP contribution in [-0.2, 0) is 4.74 Å². The molecule has 2 rings (SSSR count). The van der Waals surface area contributed by atoms with Crippen molar-refractivity contribution in [3.8, 4) is 0 Å². The molecule has 1 fully saturated rings. The maximum Gasteiger partial charge on any atom is 0.0512 e. The van der Waals surface area contributed by atoms with Crippen LogP contribution in [0, 0.1) is 19.8 Å². The minimum absolute atomic E-state index is 0.444. The van der Waals surface area contributed by atoms with Crippen molar-refractivity contribution in [1.82, 2.24) is 5.32 Å². The van der Waals surface area contributed by atoms with Gasteiger partial charge in [-0.25, -0.2) is 0 Å². The van der Waals surface area contributed by atoms with Crippen molar-refractivity contribution in [1.29, 1.82) is 0 Å². The minimum Gasteiger partial charge on any atom is -0.381 e. The van der Waals surface area contributed by atoms with Gasteiger partial charge in [0.05, 0.1) is 6.61 Å². The highest BCUT2D eigenvalue weighted by Crippen LogP contribution is 2.29. The van der Waals surface area contributed by atoms with Crippen molar-refractivity contribution >= 4 is 0 Å². The van der Waals surface area contributed by atoms with Gasteiger partial charge in [0.15, 0.2) is 0 Å². The van der Waals surface area contributed by atoms with E-state index in [1.165, 1.54) is 36.0 Å². The van der Waals surface area contributed by atoms with E-state index in [0.29, 0.717) is 12.0 Å². The van der Waals surface area contributed by atoms with Crippen LogP contribution in [0.5, 0.6) is 0 Å². The SMILES string of the molecule is CCCNC(c1ccc(C)c(C)c1)C1CCCOC1. The zero-order chi connectivity index (χ0) is 13.7. The maximum atomic E-state index is 5.68. The molecule has 2 heteroatoms. The maximum absolute atomic E-state index is 5.68. The predicted molar refractivity (Wildman–Crippen MR) is 80.5 cm³/mol. The highest BCUT2D eigenvalue weighted by molar-refractivity contribution is 5.32. The van der Waals surface area contributed by atoms with E-state index in [2.05, 4.69) is 44.3 Å². The topological polar surface area (TPSA) is 21.3 Å². The Labute approximate surface area is 117 Å². The zero-order valence-corrected chi connectivity index (χ0v) is 12.5. The zero-order valence-electron chi connectivity index (χ0n) is 12.5. The van der Waals surface area contributed by atoms with Crippen LogP contribution in [0.2, 0.25) is 0 Å². The quantitative estimate of drug-likeness (QED) is 0.871. The molecule has 2 atom stereocenters. The first-order valence-corrected chi connectivity index (χ1v) is 7.60. The van der Waals surface area contributed by atoms with Crippen molar-refractivity contribution in [2.45, 2.75) is 46.1 Å². The molecule has 2 nitrogen and oxygen atoms in total. The molecule has 1 aliphatic heterocycles. The molecular formula is C17H27NO. The fraction of sp³-hybridized carbons (Fsp3) is 0.647. The Morgan fingerprint density at radius 2 is 2.16 bits per heavy atom. The molecule has 1 aromatic rings. The Balaban J connectivity index is 2.17. The van der Waals surface area contributed by atoms with Crippen molar-refractivity contribution in [3.63, 3.8) is 0 Å². The standard InChI is InChI=1S/C17H27NO/c1-4-9-18-17(16-6-5-10-19-12-16)15-8-7-13(2)14(3)11-15/h7-8,11,16-18H,4-6,9-10,12H2,1-3H3. The summed E-state index contributed by atoms with van der Waals surface area (Å²) in [5.74, 6) is 0.613. The van der Waals surface area contributed by atoms with Crippen LogP contribution < -0.4 is 5.32 Å². The normalized spacial score (nSPS) is 21.3. The van der Waals surface area contributed by atoms with Gasteiger partial charge in [-0.05, 0) is 56.3 Å². The first-order valence-electron chi connectivity index (χ1n) is 7.60. The third-order valence-corrected chi connectivity index (χ3v) is 4.17. The highest BCUT2D eigenvalue weighted by Gasteiger charge is 2.25. The van der Waals surface area contributed by atoms with Crippen LogP contribution in [0.4, 0.5) is 0 Å². The van der Waals surface area contributed by atoms with Crippen LogP contribution in [0.1, 0.15) is 48.9 Å². The average molecular weight is 261 g/mol. The lowest BCUT2D eigenvalue weighted by Gasteiger charge is -2.31. The van der Waals surface area contributed by atoms with Gasteiger partial charge in [0.2, 0.25) is 0 Å². The van der Waals surface area contributed by atoms with E-state index in [4.69, 9.17) is 4.74 Å². The first kappa shape index (κ1) is 14.5. The number of hydrogen-bond acceptors (Lipinski definition) is 2. The summed E-state index contributed by atoms with van der Waals surface area (Å²) in [7, 11) is 0. The van der Waals surface area contributed by atoms with Crippen LogP contribution in [0.25, 0.3) is 0 Å². The molecule has 1 aromatic carbocycles. The largest absolute Gasteiger partial charge is 0.381 e. The fourth-order valence-electron chi connectivity index (χ4n) is 2.84. The number of benzene rings is 1. The molecule has 1 aliphatic rings. The van der Waals surface area contributed by atoms with E-state index in [9.17, 15) is 0 Å². The molecule has 0 radical (unpaired) electrons. The molecule has 0 spiro atoms. The van der Waals surface area contributed by atoms with Gasteiger partial charge in [0.1, 0.15) is 0 Å². The fourth-order valence-corrected chi connectivity index (χ4v) is 2.84. The van der Waals surface area contributed by atoms with Crippen LogP contribution >= 0.6 is 0 Å². The van der Waals surface area contributed by atoms with Gasteiger partial charge >= 0.3 is 0 Å². The van der Waals surface area contributed by atoms with Crippen LogP contribution in [0.15, 0.2) is 18.2 Å². The third kappa shape index (κ3) is 3.80. The highest BCUT2D eigenvalue weighted by atomic mass is 16.5. The summed E-state index contributed by atoms with van der Waals surface area (Å²) in [5, 5.41) is 3.72. The number of aryl methyl sites for hydroxylation is 2. The van der Waals surface area contributed by atoms with Gasteiger partial charge in [-0.3, -0.25) is 0 Å². The molecule has 1 N–H and O–H groups in total. The van der Waals surface area contributed by atoms with Gasteiger partial charge in [0.25, 0.3) is 0 Å². The van der Waals surface area contributed by atoms with Gasteiger partial charge in [-0.2, -0.15) is 0 Å². The van der Waals surface area contributed by atoms with E-state index >= 15 is 0 Å². The second-order valence-electron chi connectivity index (χ2n) is 5.75. The predicted octanol–water partition coefficient (Wildman–Crippen LogP) is 3.77. The Bertz CT molecular complexity index is 396. The summed E-state index contributed by atoms with van der Waals surface area (Å²) in [5.41, 5.74) is 4.18. The van der Waals surface area contributed by atoms with Gasteiger partial charge in [-0.1, -0.05) is 25.1 Å². The first-order chi connectivity index (χ1) is 9.22. The Morgan fingerprint density at radius 3 is 2.79 bits per heavy atom. The van der Waals surface area contributed by atoms with Gasteiger partial charge in [-0.15, -0.1) is 0 Å². The lowest BCUT2D eigenvalue weighted by atomic mass is 9.87. The lowest BCUT2D eigenvalue weighted by Crippen LogP contribution is -2.34. The van der Waals surface area contributed by atoms with E-state index < -0.39 is 0 Å². The van der Waals surface area contributed by atoms with Gasteiger partial charge < -0.3 is 10.1 Å². The number of hydrogen-bond donors (Lipinski definition) is 1. The van der Waals surface area contributed by atoms with Crippen molar-refractivity contribution in [2.75, 3.05) is 19.8 Å². The second kappa shape index (κ2) is 7.06. The molecule has 1 heterocycles. The molecule has 2 unspecified atom stereocenters. The summed E-state index contributed by atoms with van der Waals surface area (Å²) in [6.45, 7) is 9.51. The molecule has 0 aliphatic carbocycles. The summed E-state index contributed by atoms with van der Waals surface area (Å²) >= 11 is 0. The average Bonchev–Trinajstić information content (AvgIpc) is 2.44. The van der Waals surface area contributed by atoms with E-state index in [-0.39, 0.29) is 0 Å².